The minimum Gasteiger partial charge on any atom is -0.480 e. The van der Waals surface area contributed by atoms with Crippen LogP contribution in [-0.2, 0) is 9.59 Å². The average molecular weight is 299 g/mol. The molecule has 2 unspecified atom stereocenters. The van der Waals surface area contributed by atoms with E-state index < -0.39 is 23.9 Å². The number of aliphatic carboxylic acids is 1. The van der Waals surface area contributed by atoms with Gasteiger partial charge in [-0.1, -0.05) is 20.3 Å². The second-order valence-electron chi connectivity index (χ2n) is 5.62. The zero-order chi connectivity index (χ0) is 16.0. The van der Waals surface area contributed by atoms with Crippen LogP contribution < -0.4 is 5.73 Å². The van der Waals surface area contributed by atoms with Crippen molar-refractivity contribution in [1.29, 1.82) is 0 Å². The standard InChI is InChI=1S/C14H25N3O4/c1-3-4-7-16(9-11(15)18)14(21)17-8-5-6-10(2)12(17)13(19)20/h10,12H,3-9H2,1-2H3,(H2,15,18)(H,19,20). The predicted molar refractivity (Wildman–Crippen MR) is 77.6 cm³/mol. The summed E-state index contributed by atoms with van der Waals surface area (Å²) in [6, 6.07) is -1.23. The Morgan fingerprint density at radius 2 is 2.05 bits per heavy atom. The number of unbranched alkanes of at least 4 members (excludes halogenated alkanes) is 1. The third-order valence-electron chi connectivity index (χ3n) is 3.83. The predicted octanol–water partition coefficient (Wildman–Crippen LogP) is 0.879. The third-order valence-corrected chi connectivity index (χ3v) is 3.83. The van der Waals surface area contributed by atoms with Gasteiger partial charge < -0.3 is 20.6 Å². The number of likely N-dealkylation sites (tertiary alicyclic amines) is 1. The molecule has 1 fully saturated rings. The molecule has 2 atom stereocenters. The number of amides is 3. The van der Waals surface area contributed by atoms with Crippen molar-refractivity contribution in [3.63, 3.8) is 0 Å². The second-order valence-corrected chi connectivity index (χ2v) is 5.62. The molecular formula is C14H25N3O4. The molecule has 1 aliphatic rings. The van der Waals surface area contributed by atoms with Crippen LogP contribution >= 0.6 is 0 Å². The number of carbonyl (C=O) groups is 3. The maximum absolute atomic E-state index is 12.6. The van der Waals surface area contributed by atoms with Gasteiger partial charge in [-0.05, 0) is 25.2 Å². The van der Waals surface area contributed by atoms with Crippen LogP contribution in [0.3, 0.4) is 0 Å². The number of carboxylic acids is 1. The molecule has 0 aromatic heterocycles. The summed E-state index contributed by atoms with van der Waals surface area (Å²) >= 11 is 0. The Bertz CT molecular complexity index is 400. The number of carboxylic acid groups (broad SMARTS) is 1. The molecule has 0 bridgehead atoms. The molecule has 1 heterocycles. The molecule has 7 nitrogen and oxygen atoms in total. The summed E-state index contributed by atoms with van der Waals surface area (Å²) in [6.45, 7) is 4.46. The number of nitrogens with zero attached hydrogens (tertiary/aromatic N) is 2. The number of primary amides is 1. The Labute approximate surface area is 125 Å². The van der Waals surface area contributed by atoms with Gasteiger partial charge in [0.2, 0.25) is 5.91 Å². The van der Waals surface area contributed by atoms with Gasteiger partial charge in [0.25, 0.3) is 0 Å². The van der Waals surface area contributed by atoms with Gasteiger partial charge in [-0.2, -0.15) is 0 Å². The van der Waals surface area contributed by atoms with Crippen LogP contribution in [-0.4, -0.2) is 58.5 Å². The van der Waals surface area contributed by atoms with Crippen LogP contribution in [0.2, 0.25) is 0 Å². The maximum atomic E-state index is 12.6. The van der Waals surface area contributed by atoms with Gasteiger partial charge in [-0.25, -0.2) is 9.59 Å². The van der Waals surface area contributed by atoms with Crippen LogP contribution in [0.15, 0.2) is 0 Å². The fraction of sp³-hybridized carbons (Fsp3) is 0.786. The number of hydrogen-bond acceptors (Lipinski definition) is 3. The lowest BCUT2D eigenvalue weighted by Crippen LogP contribution is -2.57. The first kappa shape index (κ1) is 17.3. The van der Waals surface area contributed by atoms with Gasteiger partial charge >= 0.3 is 12.0 Å². The molecule has 120 valence electrons. The van der Waals surface area contributed by atoms with E-state index in [1.807, 2.05) is 13.8 Å². The van der Waals surface area contributed by atoms with E-state index >= 15 is 0 Å². The van der Waals surface area contributed by atoms with Crippen LogP contribution in [0.5, 0.6) is 0 Å². The van der Waals surface area contributed by atoms with Crippen LogP contribution in [0.1, 0.15) is 39.5 Å². The van der Waals surface area contributed by atoms with E-state index in [1.165, 1.54) is 9.80 Å². The van der Waals surface area contributed by atoms with Gasteiger partial charge in [0.15, 0.2) is 0 Å². The monoisotopic (exact) mass is 299 g/mol. The molecule has 21 heavy (non-hydrogen) atoms. The highest BCUT2D eigenvalue weighted by Gasteiger charge is 2.38. The third kappa shape index (κ3) is 4.61. The summed E-state index contributed by atoms with van der Waals surface area (Å²) in [5, 5.41) is 9.36. The first-order valence-electron chi connectivity index (χ1n) is 7.45. The van der Waals surface area contributed by atoms with Crippen molar-refractivity contribution in [3.05, 3.63) is 0 Å². The van der Waals surface area contributed by atoms with Gasteiger partial charge in [0, 0.05) is 13.1 Å². The molecule has 0 saturated carbocycles. The highest BCUT2D eigenvalue weighted by molar-refractivity contribution is 5.86. The number of rotatable bonds is 6. The van der Waals surface area contributed by atoms with Crippen molar-refractivity contribution in [3.8, 4) is 0 Å². The zero-order valence-electron chi connectivity index (χ0n) is 12.7. The van der Waals surface area contributed by atoms with Crippen LogP contribution in [0.4, 0.5) is 4.79 Å². The number of carbonyl (C=O) groups excluding carboxylic acids is 2. The van der Waals surface area contributed by atoms with Crippen LogP contribution in [0.25, 0.3) is 0 Å². The Morgan fingerprint density at radius 3 is 2.57 bits per heavy atom. The molecule has 0 aliphatic carbocycles. The van der Waals surface area contributed by atoms with E-state index in [0.29, 0.717) is 13.1 Å². The number of hydrogen-bond donors (Lipinski definition) is 2. The number of piperidine rings is 1. The van der Waals surface area contributed by atoms with Crippen molar-refractivity contribution in [1.82, 2.24) is 9.80 Å². The topological polar surface area (TPSA) is 104 Å². The first-order chi connectivity index (χ1) is 9.88. The molecule has 1 rings (SSSR count). The normalized spacial score (nSPS) is 21.9. The van der Waals surface area contributed by atoms with Crippen molar-refractivity contribution < 1.29 is 19.5 Å². The molecule has 0 aromatic carbocycles. The summed E-state index contributed by atoms with van der Waals surface area (Å²) in [5.41, 5.74) is 5.19. The van der Waals surface area contributed by atoms with Gasteiger partial charge in [-0.3, -0.25) is 4.79 Å². The van der Waals surface area contributed by atoms with Crippen LogP contribution in [0, 0.1) is 5.92 Å². The Hall–Kier alpha value is -1.79. The van der Waals surface area contributed by atoms with Crippen molar-refractivity contribution >= 4 is 17.9 Å². The molecule has 0 spiro atoms. The Morgan fingerprint density at radius 1 is 1.38 bits per heavy atom. The lowest BCUT2D eigenvalue weighted by atomic mass is 9.91. The van der Waals surface area contributed by atoms with E-state index in [0.717, 1.165) is 25.7 Å². The first-order valence-corrected chi connectivity index (χ1v) is 7.45. The highest BCUT2D eigenvalue weighted by Crippen LogP contribution is 2.24. The van der Waals surface area contributed by atoms with Crippen molar-refractivity contribution in [2.75, 3.05) is 19.6 Å². The van der Waals surface area contributed by atoms with E-state index in [9.17, 15) is 19.5 Å². The molecule has 3 amide bonds. The zero-order valence-corrected chi connectivity index (χ0v) is 12.7. The summed E-state index contributed by atoms with van der Waals surface area (Å²) in [6.07, 6.45) is 3.18. The minimum atomic E-state index is -0.995. The summed E-state index contributed by atoms with van der Waals surface area (Å²) < 4.78 is 0. The fourth-order valence-corrected chi connectivity index (χ4v) is 2.74. The van der Waals surface area contributed by atoms with E-state index in [4.69, 9.17) is 5.73 Å². The van der Waals surface area contributed by atoms with Crippen molar-refractivity contribution in [2.24, 2.45) is 11.7 Å². The van der Waals surface area contributed by atoms with E-state index in [1.54, 1.807) is 0 Å². The molecule has 0 radical (unpaired) electrons. The van der Waals surface area contributed by atoms with Gasteiger partial charge in [0.05, 0.1) is 0 Å². The average Bonchev–Trinajstić information content (AvgIpc) is 2.41. The number of urea groups is 1. The second kappa shape index (κ2) is 7.85. The lowest BCUT2D eigenvalue weighted by molar-refractivity contribution is -0.145. The molecule has 7 heteroatoms. The van der Waals surface area contributed by atoms with Crippen molar-refractivity contribution in [2.45, 2.75) is 45.6 Å². The number of nitrogens with two attached hydrogens (primary N) is 1. The quantitative estimate of drug-likeness (QED) is 0.759. The summed E-state index contributed by atoms with van der Waals surface area (Å²) in [7, 11) is 0. The fourth-order valence-electron chi connectivity index (χ4n) is 2.74. The SMILES string of the molecule is CCCCN(CC(N)=O)C(=O)N1CCCC(C)C1C(=O)O. The summed E-state index contributed by atoms with van der Waals surface area (Å²) in [5.74, 6) is -1.68. The smallest absolute Gasteiger partial charge is 0.326 e. The summed E-state index contributed by atoms with van der Waals surface area (Å²) in [4.78, 5) is 37.9. The minimum absolute atomic E-state index is 0.0956. The molecule has 1 saturated heterocycles. The van der Waals surface area contributed by atoms with Gasteiger partial charge in [-0.15, -0.1) is 0 Å². The van der Waals surface area contributed by atoms with E-state index in [2.05, 4.69) is 0 Å². The molecular weight excluding hydrogens is 274 g/mol. The molecule has 1 aliphatic heterocycles. The largest absolute Gasteiger partial charge is 0.480 e. The Balaban J connectivity index is 2.88. The Kier molecular flexibility index (Phi) is 6.45. The maximum Gasteiger partial charge on any atom is 0.326 e. The molecule has 3 N–H and O–H groups in total. The lowest BCUT2D eigenvalue weighted by Gasteiger charge is -2.39. The van der Waals surface area contributed by atoms with E-state index in [-0.39, 0.29) is 12.5 Å². The highest BCUT2D eigenvalue weighted by atomic mass is 16.4. The van der Waals surface area contributed by atoms with Gasteiger partial charge in [0.1, 0.15) is 12.6 Å². The molecule has 0 aromatic rings.